The molecule has 0 radical (unpaired) electrons. The smallest absolute Gasteiger partial charge is 0.306 e. The van der Waals surface area contributed by atoms with Crippen LogP contribution in [-0.4, -0.2) is 30.0 Å². The monoisotopic (exact) mass is 176 g/mol. The van der Waals surface area contributed by atoms with Crippen molar-refractivity contribution in [1.82, 2.24) is 0 Å². The minimum atomic E-state index is -1.11. The first-order valence-corrected chi connectivity index (χ1v) is 4.13. The number of hydrogen-bond acceptors (Lipinski definition) is 2. The molecule has 4 heteroatoms. The van der Waals surface area contributed by atoms with E-state index >= 15 is 0 Å². The summed E-state index contributed by atoms with van der Waals surface area (Å²) >= 11 is 0. The van der Waals surface area contributed by atoms with Crippen molar-refractivity contribution >= 4 is 5.97 Å². The molecule has 0 amide bonds. The third-order valence-corrected chi connectivity index (χ3v) is 2.16. The van der Waals surface area contributed by atoms with Crippen molar-refractivity contribution in [2.75, 3.05) is 6.61 Å². The van der Waals surface area contributed by atoms with Gasteiger partial charge in [0.05, 0.1) is 12.0 Å². The molecule has 1 fully saturated rings. The SMILES string of the molecule is CCO[C@H]1C[C@@H](C(=O)O)C[C@@H]1F. The van der Waals surface area contributed by atoms with Crippen molar-refractivity contribution in [3.63, 3.8) is 0 Å². The van der Waals surface area contributed by atoms with Crippen LogP contribution in [-0.2, 0) is 9.53 Å². The Kier molecular flexibility index (Phi) is 3.03. The van der Waals surface area contributed by atoms with Gasteiger partial charge in [0.1, 0.15) is 6.17 Å². The van der Waals surface area contributed by atoms with E-state index in [2.05, 4.69) is 0 Å². The summed E-state index contributed by atoms with van der Waals surface area (Å²) in [5, 5.41) is 8.59. The van der Waals surface area contributed by atoms with Gasteiger partial charge in [0.2, 0.25) is 0 Å². The Morgan fingerprint density at radius 1 is 1.67 bits per heavy atom. The summed E-state index contributed by atoms with van der Waals surface area (Å²) in [4.78, 5) is 10.5. The molecule has 0 aromatic rings. The van der Waals surface area contributed by atoms with Crippen molar-refractivity contribution in [2.24, 2.45) is 5.92 Å². The number of ether oxygens (including phenoxy) is 1. The number of alkyl halides is 1. The van der Waals surface area contributed by atoms with E-state index in [0.717, 1.165) is 0 Å². The number of carbonyl (C=O) groups is 1. The van der Waals surface area contributed by atoms with Crippen molar-refractivity contribution < 1.29 is 19.0 Å². The number of hydrogen-bond donors (Lipinski definition) is 1. The molecular formula is C8H13FO3. The lowest BCUT2D eigenvalue weighted by atomic mass is 10.1. The lowest BCUT2D eigenvalue weighted by molar-refractivity contribution is -0.141. The molecule has 0 bridgehead atoms. The number of carboxylic acid groups (broad SMARTS) is 1. The molecule has 1 saturated carbocycles. The van der Waals surface area contributed by atoms with E-state index < -0.39 is 24.2 Å². The molecule has 1 rings (SSSR count). The molecule has 3 atom stereocenters. The Bertz CT molecular complexity index is 172. The third-order valence-electron chi connectivity index (χ3n) is 2.16. The summed E-state index contributed by atoms with van der Waals surface area (Å²) in [6.07, 6.45) is -1.20. The van der Waals surface area contributed by atoms with Crippen LogP contribution in [0.3, 0.4) is 0 Å². The van der Waals surface area contributed by atoms with Crippen LogP contribution in [0.5, 0.6) is 0 Å². The van der Waals surface area contributed by atoms with Crippen LogP contribution >= 0.6 is 0 Å². The molecule has 0 aromatic carbocycles. The molecule has 0 aromatic heterocycles. The molecule has 1 aliphatic carbocycles. The van der Waals surface area contributed by atoms with E-state index in [1.807, 2.05) is 0 Å². The summed E-state index contributed by atoms with van der Waals surface area (Å²) in [6, 6.07) is 0. The fourth-order valence-electron chi connectivity index (χ4n) is 1.54. The quantitative estimate of drug-likeness (QED) is 0.703. The van der Waals surface area contributed by atoms with Crippen LogP contribution in [0.2, 0.25) is 0 Å². The second kappa shape index (κ2) is 3.85. The maximum atomic E-state index is 13.0. The fourth-order valence-corrected chi connectivity index (χ4v) is 1.54. The van der Waals surface area contributed by atoms with Crippen molar-refractivity contribution in [2.45, 2.75) is 32.0 Å². The summed E-state index contributed by atoms with van der Waals surface area (Å²) in [5.41, 5.74) is 0. The van der Waals surface area contributed by atoms with Gasteiger partial charge < -0.3 is 9.84 Å². The average Bonchev–Trinajstić information content (AvgIpc) is 2.34. The number of carboxylic acids is 1. The Balaban J connectivity index is 2.44. The molecular weight excluding hydrogens is 163 g/mol. The molecule has 0 spiro atoms. The van der Waals surface area contributed by atoms with Crippen LogP contribution in [0.1, 0.15) is 19.8 Å². The summed E-state index contributed by atoms with van der Waals surface area (Å²) in [6.45, 7) is 2.22. The summed E-state index contributed by atoms with van der Waals surface area (Å²) in [5.74, 6) is -1.48. The van der Waals surface area contributed by atoms with Crippen LogP contribution in [0, 0.1) is 5.92 Å². The Labute approximate surface area is 70.5 Å². The predicted octanol–water partition coefficient (Wildman–Crippen LogP) is 1.22. The van der Waals surface area contributed by atoms with Gasteiger partial charge in [-0.1, -0.05) is 0 Å². The zero-order valence-corrected chi connectivity index (χ0v) is 7.00. The van der Waals surface area contributed by atoms with E-state index in [4.69, 9.17) is 9.84 Å². The first kappa shape index (κ1) is 9.45. The van der Waals surface area contributed by atoms with E-state index in [1.165, 1.54) is 0 Å². The van der Waals surface area contributed by atoms with Crippen molar-refractivity contribution in [1.29, 1.82) is 0 Å². The van der Waals surface area contributed by atoms with Gasteiger partial charge in [0.25, 0.3) is 0 Å². The molecule has 12 heavy (non-hydrogen) atoms. The molecule has 0 saturated heterocycles. The lowest BCUT2D eigenvalue weighted by Gasteiger charge is -2.11. The highest BCUT2D eigenvalue weighted by Gasteiger charge is 2.38. The van der Waals surface area contributed by atoms with E-state index in [9.17, 15) is 9.18 Å². The van der Waals surface area contributed by atoms with Crippen LogP contribution in [0.25, 0.3) is 0 Å². The normalized spacial score (nSPS) is 35.3. The topological polar surface area (TPSA) is 46.5 Å². The highest BCUT2D eigenvalue weighted by atomic mass is 19.1. The largest absolute Gasteiger partial charge is 0.481 e. The van der Waals surface area contributed by atoms with Gasteiger partial charge in [-0.25, -0.2) is 4.39 Å². The van der Waals surface area contributed by atoms with Crippen LogP contribution in [0.4, 0.5) is 4.39 Å². The molecule has 70 valence electrons. The first-order chi connectivity index (χ1) is 5.65. The van der Waals surface area contributed by atoms with Gasteiger partial charge >= 0.3 is 5.97 Å². The Morgan fingerprint density at radius 2 is 2.33 bits per heavy atom. The van der Waals surface area contributed by atoms with Crippen LogP contribution in [0.15, 0.2) is 0 Å². The van der Waals surface area contributed by atoms with Crippen molar-refractivity contribution in [3.8, 4) is 0 Å². The zero-order valence-electron chi connectivity index (χ0n) is 7.00. The highest BCUT2D eigenvalue weighted by molar-refractivity contribution is 5.70. The maximum Gasteiger partial charge on any atom is 0.306 e. The molecule has 3 nitrogen and oxygen atoms in total. The minimum absolute atomic E-state index is 0.0972. The third kappa shape index (κ3) is 1.94. The summed E-state index contributed by atoms with van der Waals surface area (Å²) < 4.78 is 18.1. The molecule has 1 N–H and O–H groups in total. The summed E-state index contributed by atoms with van der Waals surface area (Å²) in [7, 11) is 0. The zero-order chi connectivity index (χ0) is 9.14. The Hall–Kier alpha value is -0.640. The lowest BCUT2D eigenvalue weighted by Crippen LogP contribution is -2.18. The predicted molar refractivity (Wildman–Crippen MR) is 40.7 cm³/mol. The minimum Gasteiger partial charge on any atom is -0.481 e. The Morgan fingerprint density at radius 3 is 2.75 bits per heavy atom. The van der Waals surface area contributed by atoms with E-state index in [-0.39, 0.29) is 6.42 Å². The van der Waals surface area contributed by atoms with Gasteiger partial charge in [-0.05, 0) is 19.8 Å². The van der Waals surface area contributed by atoms with Crippen LogP contribution < -0.4 is 0 Å². The number of aliphatic carboxylic acids is 1. The van der Waals surface area contributed by atoms with Gasteiger partial charge in [-0.3, -0.25) is 4.79 Å². The molecule has 1 aliphatic rings. The van der Waals surface area contributed by atoms with Gasteiger partial charge in [0.15, 0.2) is 0 Å². The average molecular weight is 176 g/mol. The van der Waals surface area contributed by atoms with Gasteiger partial charge in [-0.15, -0.1) is 0 Å². The highest BCUT2D eigenvalue weighted by Crippen LogP contribution is 2.30. The number of rotatable bonds is 3. The van der Waals surface area contributed by atoms with E-state index in [1.54, 1.807) is 6.92 Å². The van der Waals surface area contributed by atoms with Gasteiger partial charge in [0, 0.05) is 6.61 Å². The first-order valence-electron chi connectivity index (χ1n) is 4.13. The number of halogens is 1. The maximum absolute atomic E-state index is 13.0. The van der Waals surface area contributed by atoms with Crippen molar-refractivity contribution in [3.05, 3.63) is 0 Å². The second-order valence-electron chi connectivity index (χ2n) is 3.02. The second-order valence-corrected chi connectivity index (χ2v) is 3.02. The van der Waals surface area contributed by atoms with E-state index in [0.29, 0.717) is 13.0 Å². The molecule has 0 aliphatic heterocycles. The van der Waals surface area contributed by atoms with Gasteiger partial charge in [-0.2, -0.15) is 0 Å². The molecule has 0 unspecified atom stereocenters. The molecule has 0 heterocycles. The fraction of sp³-hybridized carbons (Fsp3) is 0.875. The standard InChI is InChI=1S/C8H13FO3/c1-2-12-7-4-5(8(10)11)3-6(7)9/h5-7H,2-4H2,1H3,(H,10,11)/t5-,6-,7-/m0/s1.